The van der Waals surface area contributed by atoms with Gasteiger partial charge in [-0.05, 0) is 18.2 Å². The van der Waals surface area contributed by atoms with E-state index in [0.29, 0.717) is 0 Å². The van der Waals surface area contributed by atoms with Crippen LogP contribution in [0.5, 0.6) is 28.7 Å². The van der Waals surface area contributed by atoms with Gasteiger partial charge in [0, 0.05) is 12.1 Å². The molecule has 0 unspecified atom stereocenters. The van der Waals surface area contributed by atoms with Gasteiger partial charge in [0.1, 0.15) is 22.8 Å². The highest BCUT2D eigenvalue weighted by Gasteiger charge is 2.21. The Bertz CT molecular complexity index is 745. The summed E-state index contributed by atoms with van der Waals surface area (Å²) in [5.41, 5.74) is -0.892. The fourth-order valence-corrected chi connectivity index (χ4v) is 1.73. The Balaban J connectivity index is 2.42. The molecular weight excluding hydrogens is 296 g/mol. The monoisotopic (exact) mass is 306 g/mol. The molecule has 0 saturated carbocycles. The second kappa shape index (κ2) is 5.52. The molecule has 0 radical (unpaired) electrons. The van der Waals surface area contributed by atoms with Crippen LogP contribution in [0, 0.1) is 0 Å². The largest absolute Gasteiger partial charge is 0.508 e. The van der Waals surface area contributed by atoms with Crippen molar-refractivity contribution >= 4 is 11.9 Å². The first-order chi connectivity index (χ1) is 10.3. The Kier molecular flexibility index (Phi) is 3.76. The van der Waals surface area contributed by atoms with Crippen LogP contribution in [0.1, 0.15) is 20.7 Å². The molecule has 0 heterocycles. The Morgan fingerprint density at radius 3 is 1.91 bits per heavy atom. The van der Waals surface area contributed by atoms with E-state index in [9.17, 15) is 30.0 Å². The molecule has 0 aromatic heterocycles. The highest BCUT2D eigenvalue weighted by molar-refractivity contribution is 5.97. The van der Waals surface area contributed by atoms with Crippen molar-refractivity contribution in [1.29, 1.82) is 0 Å². The van der Waals surface area contributed by atoms with E-state index in [2.05, 4.69) is 0 Å². The Hall–Kier alpha value is -3.42. The number of phenolic OH excluding ortho intramolecular Hbond substituents is 4. The molecular formula is C14H10O8. The van der Waals surface area contributed by atoms with Crippen LogP contribution in [-0.2, 0) is 0 Å². The second-order valence-corrected chi connectivity index (χ2v) is 4.27. The van der Waals surface area contributed by atoms with E-state index in [0.717, 1.165) is 30.3 Å². The minimum Gasteiger partial charge on any atom is -0.508 e. The van der Waals surface area contributed by atoms with Crippen LogP contribution >= 0.6 is 0 Å². The lowest BCUT2D eigenvalue weighted by atomic mass is 10.1. The van der Waals surface area contributed by atoms with Gasteiger partial charge in [0.05, 0.1) is 5.56 Å². The van der Waals surface area contributed by atoms with Crippen molar-refractivity contribution in [2.45, 2.75) is 0 Å². The number of carbonyl (C=O) groups is 2. The predicted octanol–water partition coefficient (Wildman–Crippen LogP) is 1.43. The smallest absolute Gasteiger partial charge is 0.343 e. The SMILES string of the molecule is O=C(Oc1c(O)cc(O)cc1C(=O)O)c1cc(O)cc(O)c1. The number of hydrogen-bond donors (Lipinski definition) is 5. The minimum absolute atomic E-state index is 0.263. The van der Waals surface area contributed by atoms with Crippen LogP contribution in [0.3, 0.4) is 0 Å². The van der Waals surface area contributed by atoms with Crippen molar-refractivity contribution in [2.75, 3.05) is 0 Å². The Morgan fingerprint density at radius 2 is 1.36 bits per heavy atom. The van der Waals surface area contributed by atoms with Gasteiger partial charge in [-0.15, -0.1) is 0 Å². The third kappa shape index (κ3) is 3.01. The number of carboxylic acid groups (broad SMARTS) is 1. The third-order valence-corrected chi connectivity index (χ3v) is 2.62. The summed E-state index contributed by atoms with van der Waals surface area (Å²) in [5, 5.41) is 46.5. The summed E-state index contributed by atoms with van der Waals surface area (Å²) in [7, 11) is 0. The second-order valence-electron chi connectivity index (χ2n) is 4.27. The molecule has 0 aliphatic rings. The van der Waals surface area contributed by atoms with Crippen LogP contribution in [0.2, 0.25) is 0 Å². The van der Waals surface area contributed by atoms with Crippen LogP contribution in [-0.4, -0.2) is 37.5 Å². The van der Waals surface area contributed by atoms with Gasteiger partial charge in [-0.2, -0.15) is 0 Å². The van der Waals surface area contributed by atoms with Gasteiger partial charge in [0.15, 0.2) is 11.5 Å². The maximum Gasteiger partial charge on any atom is 0.343 e. The van der Waals surface area contributed by atoms with E-state index in [1.165, 1.54) is 0 Å². The van der Waals surface area contributed by atoms with Crippen LogP contribution in [0.4, 0.5) is 0 Å². The zero-order valence-corrected chi connectivity index (χ0v) is 10.8. The average Bonchev–Trinajstić information content (AvgIpc) is 2.39. The Labute approximate surface area is 123 Å². The molecule has 0 bridgehead atoms. The summed E-state index contributed by atoms with van der Waals surface area (Å²) in [5.74, 6) is -5.40. The van der Waals surface area contributed by atoms with Crippen LogP contribution < -0.4 is 4.74 Å². The van der Waals surface area contributed by atoms with Crippen LogP contribution in [0.15, 0.2) is 30.3 Å². The normalized spacial score (nSPS) is 10.2. The zero-order chi connectivity index (χ0) is 16.4. The number of phenols is 4. The van der Waals surface area contributed by atoms with Gasteiger partial charge >= 0.3 is 11.9 Å². The summed E-state index contributed by atoms with van der Waals surface area (Å²) < 4.78 is 4.79. The fourth-order valence-electron chi connectivity index (χ4n) is 1.73. The van der Waals surface area contributed by atoms with Gasteiger partial charge in [0.25, 0.3) is 0 Å². The third-order valence-electron chi connectivity index (χ3n) is 2.62. The number of aromatic carboxylic acids is 1. The molecule has 0 aliphatic heterocycles. The minimum atomic E-state index is -1.53. The lowest BCUT2D eigenvalue weighted by Gasteiger charge is -2.10. The summed E-state index contributed by atoms with van der Waals surface area (Å²) >= 11 is 0. The molecule has 0 fully saturated rings. The van der Waals surface area contributed by atoms with Gasteiger partial charge in [-0.25, -0.2) is 9.59 Å². The van der Waals surface area contributed by atoms with Crippen molar-refractivity contribution in [2.24, 2.45) is 0 Å². The molecule has 0 amide bonds. The summed E-state index contributed by atoms with van der Waals surface area (Å²) in [6, 6.07) is 4.55. The molecule has 22 heavy (non-hydrogen) atoms. The predicted molar refractivity (Wildman–Crippen MR) is 71.5 cm³/mol. The van der Waals surface area contributed by atoms with E-state index in [-0.39, 0.29) is 5.56 Å². The van der Waals surface area contributed by atoms with Crippen molar-refractivity contribution in [1.82, 2.24) is 0 Å². The molecule has 2 aromatic rings. The van der Waals surface area contributed by atoms with Crippen LogP contribution in [0.25, 0.3) is 0 Å². The maximum absolute atomic E-state index is 11.9. The van der Waals surface area contributed by atoms with Gasteiger partial charge < -0.3 is 30.3 Å². The number of carbonyl (C=O) groups excluding carboxylic acids is 1. The summed E-state index contributed by atoms with van der Waals surface area (Å²) in [6.07, 6.45) is 0. The first-order valence-corrected chi connectivity index (χ1v) is 5.82. The lowest BCUT2D eigenvalue weighted by molar-refractivity contribution is 0.0677. The lowest BCUT2D eigenvalue weighted by Crippen LogP contribution is -2.11. The number of ether oxygens (including phenoxy) is 1. The van der Waals surface area contributed by atoms with E-state index < -0.39 is 46.2 Å². The average molecular weight is 306 g/mol. The van der Waals surface area contributed by atoms with E-state index in [1.807, 2.05) is 0 Å². The van der Waals surface area contributed by atoms with E-state index >= 15 is 0 Å². The highest BCUT2D eigenvalue weighted by atomic mass is 16.5. The molecule has 114 valence electrons. The van der Waals surface area contributed by atoms with Crippen molar-refractivity contribution < 1.29 is 39.9 Å². The molecule has 0 saturated heterocycles. The number of esters is 1. The molecule has 8 heteroatoms. The maximum atomic E-state index is 11.9. The number of aromatic hydroxyl groups is 4. The Morgan fingerprint density at radius 1 is 0.818 bits per heavy atom. The number of carboxylic acids is 1. The van der Waals surface area contributed by atoms with Gasteiger partial charge in [0.2, 0.25) is 0 Å². The van der Waals surface area contributed by atoms with Gasteiger partial charge in [-0.3, -0.25) is 0 Å². The zero-order valence-electron chi connectivity index (χ0n) is 10.8. The van der Waals surface area contributed by atoms with E-state index in [4.69, 9.17) is 9.84 Å². The molecule has 2 rings (SSSR count). The summed E-state index contributed by atoms with van der Waals surface area (Å²) in [6.45, 7) is 0. The number of rotatable bonds is 3. The molecule has 5 N–H and O–H groups in total. The summed E-state index contributed by atoms with van der Waals surface area (Å²) in [4.78, 5) is 23.0. The first-order valence-electron chi connectivity index (χ1n) is 5.82. The molecule has 2 aromatic carbocycles. The fraction of sp³-hybridized carbons (Fsp3) is 0. The molecule has 8 nitrogen and oxygen atoms in total. The first kappa shape index (κ1) is 15.0. The number of hydrogen-bond acceptors (Lipinski definition) is 7. The quantitative estimate of drug-likeness (QED) is 0.423. The topological polar surface area (TPSA) is 145 Å². The van der Waals surface area contributed by atoms with Crippen molar-refractivity contribution in [3.05, 3.63) is 41.5 Å². The van der Waals surface area contributed by atoms with Gasteiger partial charge in [-0.1, -0.05) is 0 Å². The number of benzene rings is 2. The highest BCUT2D eigenvalue weighted by Crippen LogP contribution is 2.35. The molecule has 0 aliphatic carbocycles. The molecule has 0 spiro atoms. The van der Waals surface area contributed by atoms with E-state index in [1.54, 1.807) is 0 Å². The van der Waals surface area contributed by atoms with Crippen molar-refractivity contribution in [3.8, 4) is 28.7 Å². The van der Waals surface area contributed by atoms with Crippen molar-refractivity contribution in [3.63, 3.8) is 0 Å². The standard InChI is InChI=1S/C14H10O8/c15-7-1-6(2-8(16)3-7)14(21)22-12-10(13(19)20)4-9(17)5-11(12)18/h1-5,15-18H,(H,19,20). The molecule has 0 atom stereocenters.